The van der Waals surface area contributed by atoms with Gasteiger partial charge in [0.1, 0.15) is 0 Å². The van der Waals surface area contributed by atoms with Gasteiger partial charge in [-0.15, -0.1) is 0 Å². The molecule has 1 saturated heterocycles. The Morgan fingerprint density at radius 3 is 2.65 bits per heavy atom. The van der Waals surface area contributed by atoms with Gasteiger partial charge >= 0.3 is 0 Å². The summed E-state index contributed by atoms with van der Waals surface area (Å²) in [5.74, 6) is -3.46. The molecule has 1 amide bonds. The van der Waals surface area contributed by atoms with E-state index in [4.69, 9.17) is 5.73 Å². The summed E-state index contributed by atoms with van der Waals surface area (Å²) >= 11 is 0. The Bertz CT molecular complexity index is 1600. The molecule has 0 spiro atoms. The van der Waals surface area contributed by atoms with Crippen molar-refractivity contribution in [2.45, 2.75) is 37.1 Å². The van der Waals surface area contributed by atoms with Crippen molar-refractivity contribution < 1.29 is 22.0 Å². The van der Waals surface area contributed by atoms with Crippen molar-refractivity contribution in [1.82, 2.24) is 13.9 Å². The minimum absolute atomic E-state index is 0.0322. The van der Waals surface area contributed by atoms with Crippen LogP contribution in [-0.2, 0) is 16.6 Å². The molecule has 5 rings (SSSR count). The Labute approximate surface area is 213 Å². The number of nitrogens with two attached hydrogens (primary N) is 1. The smallest absolute Gasteiger partial charge is 0.269 e. The Balaban J connectivity index is 1.54. The van der Waals surface area contributed by atoms with E-state index < -0.39 is 21.9 Å². The molecule has 0 aliphatic carbocycles. The van der Waals surface area contributed by atoms with Crippen molar-refractivity contribution in [2.24, 2.45) is 5.73 Å². The summed E-state index contributed by atoms with van der Waals surface area (Å²) in [6, 6.07) is 16.4. The minimum Gasteiger partial charge on any atom is -0.366 e. The summed E-state index contributed by atoms with van der Waals surface area (Å²) in [5, 5.41) is 0.182. The van der Waals surface area contributed by atoms with E-state index >= 15 is 0 Å². The number of nitrogens with zero attached hydrogens (tertiary/aromatic N) is 3. The Hall–Kier alpha value is -3.63. The lowest BCUT2D eigenvalue weighted by molar-refractivity contribution is -0.0661. The Morgan fingerprint density at radius 1 is 1.19 bits per heavy atom. The number of likely N-dealkylation sites (tertiary alicyclic amines) is 1. The molecular formula is C27H25F2N4O3S. The average Bonchev–Trinajstić information content (AvgIpc) is 3.28. The number of hydrogen-bond donors (Lipinski definition) is 1. The van der Waals surface area contributed by atoms with Gasteiger partial charge in [-0.25, -0.2) is 26.2 Å². The number of hydrogen-bond acceptors (Lipinski definition) is 5. The summed E-state index contributed by atoms with van der Waals surface area (Å²) in [7, 11) is -3.99. The molecule has 37 heavy (non-hydrogen) atoms. The number of fused-ring (bicyclic) bond motifs is 1. The first-order valence-electron chi connectivity index (χ1n) is 11.8. The van der Waals surface area contributed by atoms with Crippen molar-refractivity contribution in [1.29, 1.82) is 0 Å². The molecule has 0 atom stereocenters. The van der Waals surface area contributed by atoms with Crippen molar-refractivity contribution in [3.63, 3.8) is 0 Å². The highest BCUT2D eigenvalue weighted by atomic mass is 32.2. The Kier molecular flexibility index (Phi) is 6.33. The first-order valence-corrected chi connectivity index (χ1v) is 13.2. The quantitative estimate of drug-likeness (QED) is 0.405. The van der Waals surface area contributed by atoms with Gasteiger partial charge in [0, 0.05) is 42.4 Å². The standard InChI is InChI=1S/C27H25F2N4O3S/c1-18-6-8-21(9-7-18)37(35,36)33-13-10-22-24(25(30)34)23(15-31-26(22)33)20-5-2-4-19(14-20)16-32-12-3-11-27(28,29)17-32/h2,4-9,13-15H,3,11-12,16-17H2,1H3,(H2,30,34). The molecule has 1 fully saturated rings. The average molecular weight is 524 g/mol. The van der Waals surface area contributed by atoms with Crippen LogP contribution in [0.1, 0.15) is 34.3 Å². The van der Waals surface area contributed by atoms with Crippen LogP contribution in [-0.4, -0.2) is 47.2 Å². The molecule has 1 aliphatic heterocycles. The van der Waals surface area contributed by atoms with Crippen LogP contribution >= 0.6 is 0 Å². The summed E-state index contributed by atoms with van der Waals surface area (Å²) < 4.78 is 55.2. The summed E-state index contributed by atoms with van der Waals surface area (Å²) in [5.41, 5.74) is 8.61. The fourth-order valence-electron chi connectivity index (χ4n) is 4.75. The van der Waals surface area contributed by atoms with Crippen molar-refractivity contribution >= 4 is 27.0 Å². The summed E-state index contributed by atoms with van der Waals surface area (Å²) in [4.78, 5) is 18.7. The first-order chi connectivity index (χ1) is 17.5. The van der Waals surface area contributed by atoms with E-state index in [-0.39, 0.29) is 34.5 Å². The second kappa shape index (κ2) is 9.35. The number of aryl methyl sites for hydroxylation is 1. The molecule has 2 aromatic heterocycles. The van der Waals surface area contributed by atoms with E-state index in [1.54, 1.807) is 29.2 Å². The summed E-state index contributed by atoms with van der Waals surface area (Å²) in [6.07, 6.45) is 2.96. The number of alkyl halides is 2. The third kappa shape index (κ3) is 4.86. The molecule has 1 radical (unpaired) electrons. The first kappa shape index (κ1) is 25.0. The van der Waals surface area contributed by atoms with Gasteiger partial charge in [0.05, 0.1) is 17.0 Å². The third-order valence-electron chi connectivity index (χ3n) is 6.53. The predicted octanol–water partition coefficient (Wildman–Crippen LogP) is 4.38. The lowest BCUT2D eigenvalue weighted by Gasteiger charge is -2.32. The number of halogens is 2. The fraction of sp³-hybridized carbons (Fsp3) is 0.259. The number of rotatable bonds is 6. The number of piperidine rings is 1. The third-order valence-corrected chi connectivity index (χ3v) is 8.20. The maximum Gasteiger partial charge on any atom is 0.269 e. The van der Waals surface area contributed by atoms with Gasteiger partial charge in [-0.2, -0.15) is 0 Å². The van der Waals surface area contributed by atoms with Gasteiger partial charge in [0.2, 0.25) is 5.91 Å². The molecule has 7 nitrogen and oxygen atoms in total. The molecule has 0 unspecified atom stereocenters. The number of carbonyl (C=O) groups excluding carboxylic acids is 1. The maximum atomic E-state index is 13.9. The molecule has 191 valence electrons. The highest BCUT2D eigenvalue weighted by Crippen LogP contribution is 2.32. The van der Waals surface area contributed by atoms with Crippen LogP contribution in [0.5, 0.6) is 0 Å². The van der Waals surface area contributed by atoms with Gasteiger partial charge in [-0.3, -0.25) is 9.69 Å². The van der Waals surface area contributed by atoms with E-state index in [2.05, 4.69) is 11.1 Å². The predicted molar refractivity (Wildman–Crippen MR) is 136 cm³/mol. The van der Waals surface area contributed by atoms with Crippen LogP contribution < -0.4 is 5.73 Å². The number of primary amides is 1. The van der Waals surface area contributed by atoms with Gasteiger partial charge in [-0.05, 0) is 49.2 Å². The second-order valence-electron chi connectivity index (χ2n) is 9.37. The molecular weight excluding hydrogens is 498 g/mol. The molecule has 10 heteroatoms. The molecule has 0 saturated carbocycles. The van der Waals surface area contributed by atoms with E-state index in [0.717, 1.165) is 15.1 Å². The van der Waals surface area contributed by atoms with Crippen LogP contribution in [0.15, 0.2) is 65.8 Å². The highest BCUT2D eigenvalue weighted by molar-refractivity contribution is 7.90. The number of amides is 1. The molecule has 2 aromatic carbocycles. The zero-order valence-electron chi connectivity index (χ0n) is 20.1. The fourth-order valence-corrected chi connectivity index (χ4v) is 6.01. The van der Waals surface area contributed by atoms with Crippen molar-refractivity contribution in [2.75, 3.05) is 13.1 Å². The largest absolute Gasteiger partial charge is 0.366 e. The highest BCUT2D eigenvalue weighted by Gasteiger charge is 2.35. The van der Waals surface area contributed by atoms with Gasteiger partial charge in [0.15, 0.2) is 5.65 Å². The van der Waals surface area contributed by atoms with E-state index in [9.17, 15) is 22.0 Å². The van der Waals surface area contributed by atoms with E-state index in [0.29, 0.717) is 30.6 Å². The second-order valence-corrected chi connectivity index (χ2v) is 11.2. The van der Waals surface area contributed by atoms with Gasteiger partial charge in [-0.1, -0.05) is 35.9 Å². The normalized spacial score (nSPS) is 16.2. The summed E-state index contributed by atoms with van der Waals surface area (Å²) in [6.45, 7) is 2.48. The van der Waals surface area contributed by atoms with Crippen molar-refractivity contribution in [3.8, 4) is 11.1 Å². The molecule has 1 aliphatic rings. The van der Waals surface area contributed by atoms with E-state index in [1.165, 1.54) is 24.5 Å². The van der Waals surface area contributed by atoms with Gasteiger partial charge in [0.25, 0.3) is 15.9 Å². The number of pyridine rings is 1. The van der Waals surface area contributed by atoms with Crippen LogP contribution in [0.2, 0.25) is 0 Å². The monoisotopic (exact) mass is 523 g/mol. The lowest BCUT2D eigenvalue weighted by atomic mass is 9.97. The topological polar surface area (TPSA) is 98.3 Å². The van der Waals surface area contributed by atoms with E-state index in [1.807, 2.05) is 19.1 Å². The SMILES string of the molecule is Cc1ccc(S(=O)(=O)n2c[c]c3c(C(N)=O)c(-c4cccc(CN5CCCC(F)(F)C5)c4)cnc32)cc1. The zero-order chi connectivity index (χ0) is 26.4. The number of benzene rings is 2. The van der Waals surface area contributed by atoms with Crippen LogP contribution in [0, 0.1) is 13.0 Å². The van der Waals surface area contributed by atoms with Crippen LogP contribution in [0.3, 0.4) is 0 Å². The molecule has 2 N–H and O–H groups in total. The lowest BCUT2D eigenvalue weighted by Crippen LogP contribution is -2.41. The zero-order valence-corrected chi connectivity index (χ0v) is 20.9. The molecule has 3 heterocycles. The van der Waals surface area contributed by atoms with Gasteiger partial charge < -0.3 is 5.73 Å². The van der Waals surface area contributed by atoms with Crippen molar-refractivity contribution in [3.05, 3.63) is 83.7 Å². The number of carbonyl (C=O) groups is 1. The molecule has 4 aromatic rings. The number of aromatic nitrogens is 2. The Morgan fingerprint density at radius 2 is 1.95 bits per heavy atom. The van der Waals surface area contributed by atoms with Crippen LogP contribution in [0.25, 0.3) is 22.2 Å². The minimum atomic E-state index is -3.99. The van der Waals surface area contributed by atoms with Crippen LogP contribution in [0.4, 0.5) is 8.78 Å². The maximum absolute atomic E-state index is 13.9. The molecule has 0 bridgehead atoms.